The molecule has 0 aromatic heterocycles. The Hall–Kier alpha value is 0.0200. The SMILES string of the molecule is CC(C)CCCCCCCO[P+](=O)OCCCCCCCC(C)C. The van der Waals surface area contributed by atoms with Gasteiger partial charge in [0.15, 0.2) is 0 Å². The van der Waals surface area contributed by atoms with Crippen LogP contribution >= 0.6 is 8.25 Å². The minimum absolute atomic E-state index is 0.564. The van der Waals surface area contributed by atoms with E-state index in [2.05, 4.69) is 27.7 Å². The van der Waals surface area contributed by atoms with E-state index in [-0.39, 0.29) is 0 Å². The van der Waals surface area contributed by atoms with Crippen LogP contribution in [0.15, 0.2) is 0 Å². The summed E-state index contributed by atoms with van der Waals surface area (Å²) in [4.78, 5) is 0. The Kier molecular flexibility index (Phi) is 17.8. The molecule has 0 saturated carbocycles. The maximum Gasteiger partial charge on any atom is 0.697 e. The summed E-state index contributed by atoms with van der Waals surface area (Å²) in [6.45, 7) is 10.2. The van der Waals surface area contributed by atoms with Gasteiger partial charge in [0, 0.05) is 4.57 Å². The highest BCUT2D eigenvalue weighted by Crippen LogP contribution is 2.25. The number of rotatable bonds is 18. The van der Waals surface area contributed by atoms with Gasteiger partial charge in [-0.3, -0.25) is 0 Å². The fraction of sp³-hybridized carbons (Fsp3) is 1.00. The minimum atomic E-state index is -1.90. The Balaban J connectivity index is 3.19. The molecule has 0 fully saturated rings. The average Bonchev–Trinajstić information content (AvgIpc) is 2.51. The van der Waals surface area contributed by atoms with Crippen molar-refractivity contribution in [1.29, 1.82) is 0 Å². The quantitative estimate of drug-likeness (QED) is 0.185. The number of unbranched alkanes of at least 4 members (excludes halogenated alkanes) is 8. The molecule has 0 unspecified atom stereocenters. The molecule has 0 aliphatic carbocycles. The van der Waals surface area contributed by atoms with Gasteiger partial charge < -0.3 is 0 Å². The van der Waals surface area contributed by atoms with Crippen molar-refractivity contribution < 1.29 is 13.6 Å². The maximum atomic E-state index is 11.6. The molecule has 0 aliphatic heterocycles. The minimum Gasteiger partial charge on any atom is -0.119 e. The molecule has 0 N–H and O–H groups in total. The fourth-order valence-corrected chi connectivity index (χ4v) is 3.32. The standard InChI is InChI=1S/C20H42O3P/c1-19(2)15-11-7-5-9-13-17-22-24(21)23-18-14-10-6-8-12-16-20(3)4/h19-20H,5-18H2,1-4H3/q+1. The van der Waals surface area contributed by atoms with Crippen molar-refractivity contribution in [1.82, 2.24) is 0 Å². The molecule has 4 heteroatoms. The fourth-order valence-electron chi connectivity index (χ4n) is 2.69. The molecule has 0 saturated heterocycles. The van der Waals surface area contributed by atoms with Crippen LogP contribution in [-0.4, -0.2) is 13.2 Å². The Labute approximate surface area is 152 Å². The van der Waals surface area contributed by atoms with Gasteiger partial charge in [0.1, 0.15) is 13.2 Å². The summed E-state index contributed by atoms with van der Waals surface area (Å²) < 4.78 is 22.1. The molecule has 24 heavy (non-hydrogen) atoms. The van der Waals surface area contributed by atoms with Crippen LogP contribution in [0.3, 0.4) is 0 Å². The van der Waals surface area contributed by atoms with Crippen LogP contribution < -0.4 is 0 Å². The lowest BCUT2D eigenvalue weighted by atomic mass is 10.0. The van der Waals surface area contributed by atoms with Crippen LogP contribution in [0.2, 0.25) is 0 Å². The smallest absolute Gasteiger partial charge is 0.119 e. The van der Waals surface area contributed by atoms with E-state index >= 15 is 0 Å². The lowest BCUT2D eigenvalue weighted by Crippen LogP contribution is -1.93. The second kappa shape index (κ2) is 17.8. The van der Waals surface area contributed by atoms with E-state index in [1.54, 1.807) is 0 Å². The monoisotopic (exact) mass is 361 g/mol. The molecule has 0 bridgehead atoms. The summed E-state index contributed by atoms with van der Waals surface area (Å²) in [5.41, 5.74) is 0. The van der Waals surface area contributed by atoms with Crippen LogP contribution in [0.25, 0.3) is 0 Å². The van der Waals surface area contributed by atoms with Crippen molar-refractivity contribution in [2.45, 2.75) is 105 Å². The molecule has 0 aromatic rings. The summed E-state index contributed by atoms with van der Waals surface area (Å²) in [5.74, 6) is 1.63. The highest BCUT2D eigenvalue weighted by molar-refractivity contribution is 7.33. The summed E-state index contributed by atoms with van der Waals surface area (Å²) in [7, 11) is -1.90. The Morgan fingerprint density at radius 2 is 0.917 bits per heavy atom. The van der Waals surface area contributed by atoms with Gasteiger partial charge in [-0.05, 0) is 24.7 Å². The van der Waals surface area contributed by atoms with Crippen LogP contribution in [-0.2, 0) is 13.6 Å². The van der Waals surface area contributed by atoms with Crippen molar-refractivity contribution in [2.24, 2.45) is 11.8 Å². The topological polar surface area (TPSA) is 35.5 Å². The number of hydrogen-bond donors (Lipinski definition) is 0. The molecule has 0 aliphatic rings. The molecule has 0 heterocycles. The molecular weight excluding hydrogens is 319 g/mol. The van der Waals surface area contributed by atoms with E-state index in [0.717, 1.165) is 37.5 Å². The average molecular weight is 362 g/mol. The highest BCUT2D eigenvalue weighted by Gasteiger charge is 2.18. The third-order valence-electron chi connectivity index (χ3n) is 4.25. The lowest BCUT2D eigenvalue weighted by Gasteiger charge is -2.03. The Morgan fingerprint density at radius 1 is 0.583 bits per heavy atom. The van der Waals surface area contributed by atoms with Gasteiger partial charge in [-0.15, -0.1) is 9.05 Å². The lowest BCUT2D eigenvalue weighted by molar-refractivity contribution is 0.218. The van der Waals surface area contributed by atoms with Crippen molar-refractivity contribution in [3.63, 3.8) is 0 Å². The maximum absolute atomic E-state index is 11.6. The zero-order chi connectivity index (χ0) is 18.0. The van der Waals surface area contributed by atoms with Crippen LogP contribution in [0.5, 0.6) is 0 Å². The van der Waals surface area contributed by atoms with E-state index in [0.29, 0.717) is 13.2 Å². The van der Waals surface area contributed by atoms with Gasteiger partial charge in [-0.1, -0.05) is 91.9 Å². The van der Waals surface area contributed by atoms with Crippen molar-refractivity contribution >= 4 is 8.25 Å². The first kappa shape index (κ1) is 24.0. The molecular formula is C20H42O3P+. The van der Waals surface area contributed by atoms with Gasteiger partial charge in [0.25, 0.3) is 0 Å². The second-order valence-corrected chi connectivity index (χ2v) is 8.75. The van der Waals surface area contributed by atoms with Crippen molar-refractivity contribution in [3.05, 3.63) is 0 Å². The van der Waals surface area contributed by atoms with Gasteiger partial charge in [0.05, 0.1) is 0 Å². The summed E-state index contributed by atoms with van der Waals surface area (Å²) >= 11 is 0. The van der Waals surface area contributed by atoms with Gasteiger partial charge >= 0.3 is 8.25 Å². The van der Waals surface area contributed by atoms with E-state index in [4.69, 9.17) is 9.05 Å². The highest BCUT2D eigenvalue weighted by atomic mass is 31.1. The first-order valence-corrected chi connectivity index (χ1v) is 11.3. The largest absolute Gasteiger partial charge is 0.697 e. The predicted molar refractivity (Wildman–Crippen MR) is 105 cm³/mol. The second-order valence-electron chi connectivity index (χ2n) is 7.79. The molecule has 3 nitrogen and oxygen atoms in total. The Morgan fingerprint density at radius 3 is 1.29 bits per heavy atom. The van der Waals surface area contributed by atoms with E-state index < -0.39 is 8.25 Å². The summed E-state index contributed by atoms with van der Waals surface area (Å²) in [5, 5.41) is 0. The molecule has 0 spiro atoms. The normalized spacial score (nSPS) is 11.6. The van der Waals surface area contributed by atoms with E-state index in [1.165, 1.54) is 51.4 Å². The molecule has 0 amide bonds. The van der Waals surface area contributed by atoms with Gasteiger partial charge in [0.2, 0.25) is 0 Å². The zero-order valence-corrected chi connectivity index (χ0v) is 17.6. The number of hydrogen-bond acceptors (Lipinski definition) is 3. The van der Waals surface area contributed by atoms with Crippen molar-refractivity contribution in [3.8, 4) is 0 Å². The molecule has 0 aromatic carbocycles. The van der Waals surface area contributed by atoms with Gasteiger partial charge in [-0.2, -0.15) is 0 Å². The van der Waals surface area contributed by atoms with Gasteiger partial charge in [-0.25, -0.2) is 0 Å². The molecule has 0 atom stereocenters. The van der Waals surface area contributed by atoms with Crippen LogP contribution in [0, 0.1) is 11.8 Å². The first-order chi connectivity index (χ1) is 11.5. The summed E-state index contributed by atoms with van der Waals surface area (Å²) in [6.07, 6.45) is 14.7. The third-order valence-corrected chi connectivity index (χ3v) is 5.03. The van der Waals surface area contributed by atoms with E-state index in [1.807, 2.05) is 0 Å². The zero-order valence-electron chi connectivity index (χ0n) is 16.7. The van der Waals surface area contributed by atoms with E-state index in [9.17, 15) is 4.57 Å². The van der Waals surface area contributed by atoms with Crippen LogP contribution in [0.4, 0.5) is 0 Å². The van der Waals surface area contributed by atoms with Crippen molar-refractivity contribution in [2.75, 3.05) is 13.2 Å². The first-order valence-electron chi connectivity index (χ1n) is 10.3. The van der Waals surface area contributed by atoms with Crippen LogP contribution in [0.1, 0.15) is 105 Å². The predicted octanol–water partition coefficient (Wildman–Crippen LogP) is 7.67. The Bertz CT molecular complexity index is 254. The third kappa shape index (κ3) is 20.1. The molecule has 0 radical (unpaired) electrons. The summed E-state index contributed by atoms with van der Waals surface area (Å²) in [6, 6.07) is 0. The molecule has 144 valence electrons. The molecule has 0 rings (SSSR count).